The molecule has 1 aliphatic rings. The van der Waals surface area contributed by atoms with Gasteiger partial charge < -0.3 is 10.2 Å². The second kappa shape index (κ2) is 9.33. The number of nitrogens with one attached hydrogen (secondary N) is 1. The lowest BCUT2D eigenvalue weighted by molar-refractivity contribution is -0.757. The maximum absolute atomic E-state index is 11.9. The third-order valence-electron chi connectivity index (χ3n) is 3.32. The molecule has 0 bridgehead atoms. The number of hydrogen-bond donors (Lipinski definition) is 1. The Morgan fingerprint density at radius 3 is 3.09 bits per heavy atom. The van der Waals surface area contributed by atoms with Gasteiger partial charge in [-0.25, -0.2) is 4.98 Å². The molecule has 0 aromatic carbocycles. The zero-order chi connectivity index (χ0) is 16.7. The third-order valence-corrected chi connectivity index (χ3v) is 7.46. The van der Waals surface area contributed by atoms with Crippen LogP contribution in [-0.4, -0.2) is 33.6 Å². The zero-order valence-corrected chi connectivity index (χ0v) is 15.2. The van der Waals surface area contributed by atoms with Crippen LogP contribution in [0.4, 0.5) is 5.13 Å². The Kier molecular flexibility index (Phi) is 7.44. The molecule has 1 amide bonds. The van der Waals surface area contributed by atoms with Crippen LogP contribution in [-0.2, 0) is 16.1 Å². The van der Waals surface area contributed by atoms with Crippen molar-refractivity contribution in [1.82, 2.24) is 4.98 Å². The lowest BCUT2D eigenvalue weighted by Crippen LogP contribution is -2.11. The standard InChI is InChI=1S/C13H19N3O4S3/c1-9-11(5-7-20-16(18)19)22-13(14-9)15-12(17)4-2-3-10-6-8-21-23-10/h10H,2-8H2,1H3,(H,14,15,17). The first-order valence-corrected chi connectivity index (χ1v) is 10.6. The van der Waals surface area contributed by atoms with Crippen molar-refractivity contribution in [2.45, 2.75) is 44.3 Å². The molecule has 1 unspecified atom stereocenters. The van der Waals surface area contributed by atoms with E-state index in [-0.39, 0.29) is 12.5 Å². The molecule has 128 valence electrons. The molecule has 2 rings (SSSR count). The summed E-state index contributed by atoms with van der Waals surface area (Å²) >= 11 is 1.35. The van der Waals surface area contributed by atoms with Gasteiger partial charge in [0.05, 0.1) is 5.69 Å². The highest BCUT2D eigenvalue weighted by Crippen LogP contribution is 2.39. The number of hydrogen-bond acceptors (Lipinski definition) is 8. The second-order valence-corrected chi connectivity index (χ2v) is 8.97. The molecule has 7 nitrogen and oxygen atoms in total. The predicted molar refractivity (Wildman–Crippen MR) is 94.4 cm³/mol. The van der Waals surface area contributed by atoms with Gasteiger partial charge in [0, 0.05) is 28.7 Å². The van der Waals surface area contributed by atoms with Gasteiger partial charge in [-0.15, -0.1) is 21.5 Å². The van der Waals surface area contributed by atoms with Gasteiger partial charge in [0.1, 0.15) is 6.61 Å². The van der Waals surface area contributed by atoms with E-state index in [0.29, 0.717) is 23.2 Å². The minimum atomic E-state index is -0.805. The number of aromatic nitrogens is 1. The average Bonchev–Trinajstić information content (AvgIpc) is 3.09. The maximum Gasteiger partial charge on any atom is 0.294 e. The average molecular weight is 378 g/mol. The summed E-state index contributed by atoms with van der Waals surface area (Å²) in [7, 11) is 3.84. The highest BCUT2D eigenvalue weighted by Gasteiger charge is 2.17. The molecule has 1 N–H and O–H groups in total. The van der Waals surface area contributed by atoms with Gasteiger partial charge in [0.15, 0.2) is 5.13 Å². The number of amides is 1. The summed E-state index contributed by atoms with van der Waals surface area (Å²) in [6, 6.07) is 0. The number of aryl methyl sites for hydroxylation is 1. The van der Waals surface area contributed by atoms with E-state index in [1.54, 1.807) is 0 Å². The molecule has 1 fully saturated rings. The van der Waals surface area contributed by atoms with E-state index < -0.39 is 5.09 Å². The highest BCUT2D eigenvalue weighted by atomic mass is 33.1. The van der Waals surface area contributed by atoms with Crippen molar-refractivity contribution in [2.24, 2.45) is 0 Å². The van der Waals surface area contributed by atoms with Crippen LogP contribution in [0.3, 0.4) is 0 Å². The molecular weight excluding hydrogens is 358 g/mol. The first-order valence-electron chi connectivity index (χ1n) is 7.36. The van der Waals surface area contributed by atoms with Crippen molar-refractivity contribution >= 4 is 44.0 Å². The summed E-state index contributed by atoms with van der Waals surface area (Å²) < 4.78 is 0. The minimum absolute atomic E-state index is 0.000483. The summed E-state index contributed by atoms with van der Waals surface area (Å²) in [5.74, 6) is 1.19. The van der Waals surface area contributed by atoms with Crippen molar-refractivity contribution in [1.29, 1.82) is 0 Å². The topological polar surface area (TPSA) is 94.4 Å². The van der Waals surface area contributed by atoms with Gasteiger partial charge >= 0.3 is 0 Å². The van der Waals surface area contributed by atoms with E-state index in [2.05, 4.69) is 15.1 Å². The summed E-state index contributed by atoms with van der Waals surface area (Å²) in [6.45, 7) is 1.82. The molecule has 0 saturated carbocycles. The Morgan fingerprint density at radius 1 is 1.57 bits per heavy atom. The number of carbonyl (C=O) groups excluding carboxylic acids is 1. The summed E-state index contributed by atoms with van der Waals surface area (Å²) in [5, 5.41) is 13.4. The van der Waals surface area contributed by atoms with Gasteiger partial charge in [-0.1, -0.05) is 21.6 Å². The molecule has 10 heteroatoms. The van der Waals surface area contributed by atoms with E-state index in [1.807, 2.05) is 28.5 Å². The normalized spacial score (nSPS) is 17.2. The summed E-state index contributed by atoms with van der Waals surface area (Å²) in [6.07, 6.45) is 4.11. The summed E-state index contributed by atoms with van der Waals surface area (Å²) in [4.78, 5) is 31.6. The van der Waals surface area contributed by atoms with Crippen LogP contribution in [0.25, 0.3) is 0 Å². The monoisotopic (exact) mass is 377 g/mol. The first-order chi connectivity index (χ1) is 11.0. The van der Waals surface area contributed by atoms with Gasteiger partial charge in [0.25, 0.3) is 5.09 Å². The molecule has 0 spiro atoms. The molecule has 0 aliphatic carbocycles. The second-order valence-electron chi connectivity index (χ2n) is 5.10. The van der Waals surface area contributed by atoms with Crippen LogP contribution in [0.2, 0.25) is 0 Å². The van der Waals surface area contributed by atoms with Crippen LogP contribution >= 0.6 is 32.9 Å². The molecule has 1 saturated heterocycles. The van der Waals surface area contributed by atoms with E-state index in [4.69, 9.17) is 0 Å². The van der Waals surface area contributed by atoms with Crippen molar-refractivity contribution in [3.05, 3.63) is 20.7 Å². The largest absolute Gasteiger partial charge is 0.314 e. The Labute approximate surface area is 146 Å². The van der Waals surface area contributed by atoms with Gasteiger partial charge in [-0.2, -0.15) is 0 Å². The molecule has 1 atom stereocenters. The molecule has 1 aliphatic heterocycles. The van der Waals surface area contributed by atoms with Crippen molar-refractivity contribution in [3.63, 3.8) is 0 Å². The highest BCUT2D eigenvalue weighted by molar-refractivity contribution is 8.77. The Hall–Kier alpha value is -1.00. The van der Waals surface area contributed by atoms with E-state index >= 15 is 0 Å². The number of thiazole rings is 1. The Balaban J connectivity index is 1.71. The fourth-order valence-electron chi connectivity index (χ4n) is 2.16. The van der Waals surface area contributed by atoms with Gasteiger partial charge in [-0.3, -0.25) is 4.79 Å². The lowest BCUT2D eigenvalue weighted by Gasteiger charge is -2.06. The van der Waals surface area contributed by atoms with Gasteiger partial charge in [-0.05, 0) is 26.2 Å². The van der Waals surface area contributed by atoms with Crippen LogP contribution in [0.1, 0.15) is 36.3 Å². The molecule has 0 radical (unpaired) electrons. The fourth-order valence-corrected chi connectivity index (χ4v) is 6.15. The SMILES string of the molecule is Cc1nc(NC(=O)CCCC2CCSS2)sc1CCO[N+](=O)[O-]. The number of carbonyl (C=O) groups is 1. The molecular formula is C13H19N3O4S3. The Morgan fingerprint density at radius 2 is 2.39 bits per heavy atom. The van der Waals surface area contributed by atoms with Crippen LogP contribution in [0, 0.1) is 17.0 Å². The van der Waals surface area contributed by atoms with Crippen LogP contribution < -0.4 is 5.32 Å². The molecule has 23 heavy (non-hydrogen) atoms. The fraction of sp³-hybridized carbons (Fsp3) is 0.692. The third kappa shape index (κ3) is 6.56. The maximum atomic E-state index is 11.9. The molecule has 2 heterocycles. The van der Waals surface area contributed by atoms with E-state index in [9.17, 15) is 14.9 Å². The van der Waals surface area contributed by atoms with Crippen molar-refractivity contribution in [2.75, 3.05) is 17.7 Å². The van der Waals surface area contributed by atoms with E-state index in [0.717, 1.165) is 23.4 Å². The minimum Gasteiger partial charge on any atom is -0.314 e. The smallest absolute Gasteiger partial charge is 0.294 e. The van der Waals surface area contributed by atoms with Crippen LogP contribution in [0.15, 0.2) is 0 Å². The first kappa shape index (κ1) is 18.3. The zero-order valence-electron chi connectivity index (χ0n) is 12.8. The van der Waals surface area contributed by atoms with Crippen LogP contribution in [0.5, 0.6) is 0 Å². The van der Waals surface area contributed by atoms with Gasteiger partial charge in [0.2, 0.25) is 5.91 Å². The number of rotatable bonds is 9. The number of nitrogens with zero attached hydrogens (tertiary/aromatic N) is 2. The number of anilines is 1. The van der Waals surface area contributed by atoms with Crippen molar-refractivity contribution < 1.29 is 14.7 Å². The molecule has 1 aromatic heterocycles. The van der Waals surface area contributed by atoms with E-state index in [1.165, 1.54) is 23.5 Å². The Bertz CT molecular complexity index is 547. The quantitative estimate of drug-likeness (QED) is 0.400. The summed E-state index contributed by atoms with van der Waals surface area (Å²) in [5.41, 5.74) is 0.775. The predicted octanol–water partition coefficient (Wildman–Crippen LogP) is 3.46. The lowest BCUT2D eigenvalue weighted by atomic mass is 10.1. The molecule has 1 aromatic rings. The van der Waals surface area contributed by atoms with Crippen molar-refractivity contribution in [3.8, 4) is 0 Å².